The van der Waals surface area contributed by atoms with E-state index in [4.69, 9.17) is 4.99 Å². The first kappa shape index (κ1) is 15.7. The summed E-state index contributed by atoms with van der Waals surface area (Å²) in [7, 11) is 4.04. The van der Waals surface area contributed by atoms with Crippen molar-refractivity contribution >= 4 is 5.71 Å². The Morgan fingerprint density at radius 2 is 1.92 bits per heavy atom. The minimum atomic E-state index is -0.264. The second-order valence-electron chi connectivity index (χ2n) is 6.43. The number of nitrogens with zero attached hydrogens (tertiary/aromatic N) is 4. The Hall–Kier alpha value is -2.79. The number of benzene rings is 2. The summed E-state index contributed by atoms with van der Waals surface area (Å²) in [5.41, 5.74) is 4.57. The van der Waals surface area contributed by atoms with E-state index in [0.717, 1.165) is 40.6 Å². The highest BCUT2D eigenvalue weighted by molar-refractivity contribution is 6.15. The van der Waals surface area contributed by atoms with E-state index < -0.39 is 0 Å². The van der Waals surface area contributed by atoms with Gasteiger partial charge < -0.3 is 4.90 Å². The molecule has 0 atom stereocenters. The van der Waals surface area contributed by atoms with Crippen LogP contribution in [-0.4, -0.2) is 34.3 Å². The van der Waals surface area contributed by atoms with Gasteiger partial charge in [0.2, 0.25) is 0 Å². The molecule has 0 saturated carbocycles. The molecule has 0 amide bonds. The molecular formula is C20H19FN4. The summed E-state index contributed by atoms with van der Waals surface area (Å²) in [6.45, 7) is 1.22. The highest BCUT2D eigenvalue weighted by atomic mass is 19.1. The van der Waals surface area contributed by atoms with E-state index in [1.54, 1.807) is 6.07 Å². The molecule has 25 heavy (non-hydrogen) atoms. The van der Waals surface area contributed by atoms with Crippen LogP contribution in [0.25, 0.3) is 5.69 Å². The van der Waals surface area contributed by atoms with E-state index in [0.29, 0.717) is 6.54 Å². The average molecular weight is 334 g/mol. The second-order valence-corrected chi connectivity index (χ2v) is 6.43. The number of aliphatic imine (C=N–C) groups is 1. The normalized spacial score (nSPS) is 13.2. The average Bonchev–Trinajstić information content (AvgIpc) is 2.90. The van der Waals surface area contributed by atoms with Crippen LogP contribution >= 0.6 is 0 Å². The molecule has 1 aliphatic rings. The lowest BCUT2D eigenvalue weighted by molar-refractivity contribution is 0.393. The fraction of sp³-hybridized carbons (Fsp3) is 0.200. The lowest BCUT2D eigenvalue weighted by atomic mass is 10.0. The van der Waals surface area contributed by atoms with Gasteiger partial charge in [-0.25, -0.2) is 9.37 Å². The molecule has 1 aliphatic heterocycles. The SMILES string of the molecule is CN(C)Cc1cnc2n1-c1ccc(F)cc1C(c1ccccc1)=NC2. The lowest BCUT2D eigenvalue weighted by Gasteiger charge is -2.16. The Labute approximate surface area is 146 Å². The van der Waals surface area contributed by atoms with Crippen LogP contribution in [0, 0.1) is 5.82 Å². The summed E-state index contributed by atoms with van der Waals surface area (Å²) in [6, 6.07) is 14.8. The maximum absolute atomic E-state index is 14.0. The van der Waals surface area contributed by atoms with Crippen molar-refractivity contribution in [3.8, 4) is 5.69 Å². The van der Waals surface area contributed by atoms with Crippen LogP contribution in [0.5, 0.6) is 0 Å². The van der Waals surface area contributed by atoms with E-state index in [-0.39, 0.29) is 5.82 Å². The monoisotopic (exact) mass is 334 g/mol. The van der Waals surface area contributed by atoms with Crippen LogP contribution in [0.3, 0.4) is 0 Å². The smallest absolute Gasteiger partial charge is 0.135 e. The Morgan fingerprint density at radius 1 is 1.12 bits per heavy atom. The topological polar surface area (TPSA) is 33.4 Å². The molecule has 2 heterocycles. The van der Waals surface area contributed by atoms with Gasteiger partial charge in [0.05, 0.1) is 29.8 Å². The highest BCUT2D eigenvalue weighted by Crippen LogP contribution is 2.27. The van der Waals surface area contributed by atoms with Gasteiger partial charge in [-0.1, -0.05) is 30.3 Å². The molecule has 4 nitrogen and oxygen atoms in total. The molecule has 0 aliphatic carbocycles. The molecule has 0 saturated heterocycles. The van der Waals surface area contributed by atoms with Gasteiger partial charge in [-0.3, -0.25) is 9.56 Å². The fourth-order valence-electron chi connectivity index (χ4n) is 3.24. The molecule has 0 spiro atoms. The zero-order valence-corrected chi connectivity index (χ0v) is 14.3. The van der Waals surface area contributed by atoms with E-state index in [1.165, 1.54) is 6.07 Å². The van der Waals surface area contributed by atoms with Crippen molar-refractivity contribution in [2.45, 2.75) is 13.1 Å². The maximum Gasteiger partial charge on any atom is 0.135 e. The summed E-state index contributed by atoms with van der Waals surface area (Å²) >= 11 is 0. The number of hydrogen-bond donors (Lipinski definition) is 0. The maximum atomic E-state index is 14.0. The molecule has 5 heteroatoms. The van der Waals surface area contributed by atoms with Crippen LogP contribution in [0.15, 0.2) is 59.7 Å². The molecule has 0 radical (unpaired) electrons. The van der Waals surface area contributed by atoms with Gasteiger partial charge in [0.15, 0.2) is 0 Å². The van der Waals surface area contributed by atoms with E-state index in [2.05, 4.69) is 14.5 Å². The van der Waals surface area contributed by atoms with Crippen molar-refractivity contribution < 1.29 is 4.39 Å². The number of fused-ring (bicyclic) bond motifs is 3. The van der Waals surface area contributed by atoms with Crippen molar-refractivity contribution in [1.82, 2.24) is 14.5 Å². The van der Waals surface area contributed by atoms with E-state index >= 15 is 0 Å². The van der Waals surface area contributed by atoms with Crippen molar-refractivity contribution in [1.29, 1.82) is 0 Å². The summed E-state index contributed by atoms with van der Waals surface area (Å²) in [5, 5.41) is 0. The van der Waals surface area contributed by atoms with E-state index in [9.17, 15) is 4.39 Å². The number of halogens is 1. The quantitative estimate of drug-likeness (QED) is 0.735. The Bertz CT molecular complexity index is 942. The van der Waals surface area contributed by atoms with Gasteiger partial charge in [-0.15, -0.1) is 0 Å². The van der Waals surface area contributed by atoms with Crippen LogP contribution in [0.2, 0.25) is 0 Å². The van der Waals surface area contributed by atoms with Crippen molar-refractivity contribution in [3.63, 3.8) is 0 Å². The van der Waals surface area contributed by atoms with Gasteiger partial charge in [0.1, 0.15) is 11.6 Å². The van der Waals surface area contributed by atoms with Crippen LogP contribution in [0.4, 0.5) is 4.39 Å². The molecule has 4 rings (SSSR count). The molecule has 126 valence electrons. The summed E-state index contributed by atoms with van der Waals surface area (Å²) in [5.74, 6) is 0.607. The molecule has 0 unspecified atom stereocenters. The van der Waals surface area contributed by atoms with Gasteiger partial charge in [0.25, 0.3) is 0 Å². The number of rotatable bonds is 3. The van der Waals surface area contributed by atoms with Crippen molar-refractivity contribution in [3.05, 3.63) is 83.2 Å². The first-order valence-corrected chi connectivity index (χ1v) is 8.24. The summed E-state index contributed by atoms with van der Waals surface area (Å²) in [4.78, 5) is 11.4. The van der Waals surface area contributed by atoms with Crippen molar-refractivity contribution in [2.75, 3.05) is 14.1 Å². The van der Waals surface area contributed by atoms with Gasteiger partial charge in [-0.05, 0) is 32.3 Å². The molecule has 0 bridgehead atoms. The Kier molecular flexibility index (Phi) is 3.93. The Morgan fingerprint density at radius 3 is 2.68 bits per heavy atom. The zero-order valence-electron chi connectivity index (χ0n) is 14.3. The minimum absolute atomic E-state index is 0.264. The largest absolute Gasteiger partial charge is 0.304 e. The van der Waals surface area contributed by atoms with Crippen LogP contribution in [0.1, 0.15) is 22.6 Å². The summed E-state index contributed by atoms with van der Waals surface area (Å²) < 4.78 is 16.1. The van der Waals surface area contributed by atoms with E-state index in [1.807, 2.05) is 56.7 Å². The molecule has 2 aromatic carbocycles. The standard InChI is InChI=1S/C20H19FN4/c1-24(2)13-16-11-22-19-12-23-20(14-6-4-3-5-7-14)17-10-15(21)8-9-18(17)25(16)19/h3-11H,12-13H2,1-2H3. The molecule has 0 N–H and O–H groups in total. The zero-order chi connectivity index (χ0) is 17.4. The number of aromatic nitrogens is 2. The highest BCUT2D eigenvalue weighted by Gasteiger charge is 2.22. The van der Waals surface area contributed by atoms with Crippen LogP contribution in [-0.2, 0) is 13.1 Å². The predicted molar refractivity (Wildman–Crippen MR) is 96.7 cm³/mol. The third kappa shape index (κ3) is 2.87. The fourth-order valence-corrected chi connectivity index (χ4v) is 3.24. The third-order valence-electron chi connectivity index (χ3n) is 4.27. The molecule has 3 aromatic rings. The lowest BCUT2D eigenvalue weighted by Crippen LogP contribution is -2.16. The second kappa shape index (κ2) is 6.26. The number of imidazole rings is 1. The van der Waals surface area contributed by atoms with Crippen LogP contribution < -0.4 is 0 Å². The predicted octanol–water partition coefficient (Wildman–Crippen LogP) is 3.42. The molecular weight excluding hydrogens is 315 g/mol. The number of hydrogen-bond acceptors (Lipinski definition) is 3. The minimum Gasteiger partial charge on any atom is -0.304 e. The first-order chi connectivity index (χ1) is 12.1. The van der Waals surface area contributed by atoms with Gasteiger partial charge in [0, 0.05) is 17.7 Å². The molecule has 0 fully saturated rings. The first-order valence-electron chi connectivity index (χ1n) is 8.24. The van der Waals surface area contributed by atoms with Gasteiger partial charge >= 0.3 is 0 Å². The molecule has 1 aromatic heterocycles. The Balaban J connectivity index is 1.94. The summed E-state index contributed by atoms with van der Waals surface area (Å²) in [6.07, 6.45) is 1.88. The van der Waals surface area contributed by atoms with Gasteiger partial charge in [-0.2, -0.15) is 0 Å². The third-order valence-corrected chi connectivity index (χ3v) is 4.27. The van der Waals surface area contributed by atoms with Crippen molar-refractivity contribution in [2.24, 2.45) is 4.99 Å².